The second-order valence-corrected chi connectivity index (χ2v) is 5.14. The molecule has 0 aliphatic carbocycles. The lowest BCUT2D eigenvalue weighted by atomic mass is 10.3. The minimum atomic E-state index is -0.171. The van der Waals surface area contributed by atoms with Crippen molar-refractivity contribution in [3.8, 4) is 0 Å². The standard InChI is InChI=1S/C9H15ClN2OS/c1-12(4-7(11)6-13)5-8-2-3-9(10)14-8/h2-3,7,13H,4-6,11H2,1H3. The van der Waals surface area contributed by atoms with Gasteiger partial charge in [-0.1, -0.05) is 11.6 Å². The summed E-state index contributed by atoms with van der Waals surface area (Å²) in [7, 11) is 1.98. The highest BCUT2D eigenvalue weighted by molar-refractivity contribution is 7.16. The molecule has 1 heterocycles. The highest BCUT2D eigenvalue weighted by atomic mass is 35.5. The highest BCUT2D eigenvalue weighted by Gasteiger charge is 2.07. The van der Waals surface area contributed by atoms with Crippen LogP contribution in [0.25, 0.3) is 0 Å². The number of halogens is 1. The van der Waals surface area contributed by atoms with E-state index in [1.165, 1.54) is 4.88 Å². The van der Waals surface area contributed by atoms with Crippen LogP contribution in [0.5, 0.6) is 0 Å². The van der Waals surface area contributed by atoms with Gasteiger partial charge in [-0.2, -0.15) is 0 Å². The van der Waals surface area contributed by atoms with Crippen LogP contribution in [0.3, 0.4) is 0 Å². The molecular formula is C9H15ClN2OS. The zero-order valence-electron chi connectivity index (χ0n) is 8.11. The number of likely N-dealkylation sites (N-methyl/N-ethyl adjacent to an activating group) is 1. The zero-order chi connectivity index (χ0) is 10.6. The molecule has 0 amide bonds. The maximum absolute atomic E-state index is 8.78. The fourth-order valence-corrected chi connectivity index (χ4v) is 2.39. The van der Waals surface area contributed by atoms with E-state index >= 15 is 0 Å². The van der Waals surface area contributed by atoms with Crippen LogP contribution in [0.4, 0.5) is 0 Å². The molecule has 0 fully saturated rings. The Morgan fingerprint density at radius 2 is 2.36 bits per heavy atom. The van der Waals surface area contributed by atoms with E-state index in [1.54, 1.807) is 11.3 Å². The summed E-state index contributed by atoms with van der Waals surface area (Å²) < 4.78 is 0.805. The number of hydrogen-bond donors (Lipinski definition) is 2. The van der Waals surface area contributed by atoms with Crippen LogP contribution < -0.4 is 5.73 Å². The average Bonchev–Trinajstić information content (AvgIpc) is 2.50. The summed E-state index contributed by atoms with van der Waals surface area (Å²) in [6.45, 7) is 1.53. The monoisotopic (exact) mass is 234 g/mol. The van der Waals surface area contributed by atoms with Crippen molar-refractivity contribution in [1.82, 2.24) is 4.90 Å². The van der Waals surface area contributed by atoms with Gasteiger partial charge < -0.3 is 10.8 Å². The molecule has 5 heteroatoms. The lowest BCUT2D eigenvalue weighted by molar-refractivity contribution is 0.219. The molecule has 0 saturated carbocycles. The van der Waals surface area contributed by atoms with Crippen LogP contribution in [-0.4, -0.2) is 36.2 Å². The van der Waals surface area contributed by atoms with Crippen LogP contribution >= 0.6 is 22.9 Å². The number of nitrogens with two attached hydrogens (primary N) is 1. The summed E-state index contributed by atoms with van der Waals surface area (Å²) in [6.07, 6.45) is 0. The molecule has 0 radical (unpaired) electrons. The fraction of sp³-hybridized carbons (Fsp3) is 0.556. The quantitative estimate of drug-likeness (QED) is 0.804. The Kier molecular flexibility index (Phi) is 4.84. The third-order valence-corrected chi connectivity index (χ3v) is 3.05. The Morgan fingerprint density at radius 3 is 2.86 bits per heavy atom. The lowest BCUT2D eigenvalue weighted by Gasteiger charge is -2.18. The van der Waals surface area contributed by atoms with Gasteiger partial charge in [0.1, 0.15) is 0 Å². The predicted octanol–water partition coefficient (Wildman–Crippen LogP) is 1.15. The first-order valence-corrected chi connectivity index (χ1v) is 5.60. The number of aliphatic hydroxyl groups excluding tert-OH is 1. The summed E-state index contributed by atoms with van der Waals surface area (Å²) in [5.74, 6) is 0. The molecule has 1 atom stereocenters. The lowest BCUT2D eigenvalue weighted by Crippen LogP contribution is -2.37. The summed E-state index contributed by atoms with van der Waals surface area (Å²) in [5.41, 5.74) is 5.62. The van der Waals surface area contributed by atoms with E-state index in [0.717, 1.165) is 10.9 Å². The SMILES string of the molecule is CN(Cc1ccc(Cl)s1)CC(N)CO. The number of rotatable bonds is 5. The maximum Gasteiger partial charge on any atom is 0.0931 e. The van der Waals surface area contributed by atoms with Crippen molar-refractivity contribution >= 4 is 22.9 Å². The molecule has 0 spiro atoms. The summed E-state index contributed by atoms with van der Waals surface area (Å²) in [5, 5.41) is 8.78. The van der Waals surface area contributed by atoms with Crippen molar-refractivity contribution in [2.75, 3.05) is 20.2 Å². The van der Waals surface area contributed by atoms with E-state index in [2.05, 4.69) is 4.90 Å². The van der Waals surface area contributed by atoms with Crippen molar-refractivity contribution in [2.45, 2.75) is 12.6 Å². The van der Waals surface area contributed by atoms with Gasteiger partial charge in [0, 0.05) is 24.0 Å². The first-order chi connectivity index (χ1) is 6.61. The van der Waals surface area contributed by atoms with E-state index in [4.69, 9.17) is 22.4 Å². The number of hydrogen-bond acceptors (Lipinski definition) is 4. The first-order valence-electron chi connectivity index (χ1n) is 4.41. The second-order valence-electron chi connectivity index (χ2n) is 3.35. The molecule has 1 aromatic heterocycles. The van der Waals surface area contributed by atoms with Gasteiger partial charge >= 0.3 is 0 Å². The van der Waals surface area contributed by atoms with Crippen LogP contribution in [0.15, 0.2) is 12.1 Å². The van der Waals surface area contributed by atoms with Gasteiger partial charge in [-0.3, -0.25) is 4.90 Å². The van der Waals surface area contributed by atoms with E-state index in [0.29, 0.717) is 6.54 Å². The van der Waals surface area contributed by atoms with Gasteiger partial charge in [0.2, 0.25) is 0 Å². The molecule has 1 unspecified atom stereocenters. The zero-order valence-corrected chi connectivity index (χ0v) is 9.68. The summed E-state index contributed by atoms with van der Waals surface area (Å²) in [4.78, 5) is 3.28. The Labute approximate surface area is 93.1 Å². The number of aliphatic hydroxyl groups is 1. The van der Waals surface area contributed by atoms with Crippen LogP contribution in [0, 0.1) is 0 Å². The molecule has 0 saturated heterocycles. The van der Waals surface area contributed by atoms with E-state index < -0.39 is 0 Å². The van der Waals surface area contributed by atoms with Crippen molar-refractivity contribution < 1.29 is 5.11 Å². The normalized spacial score (nSPS) is 13.5. The van der Waals surface area contributed by atoms with Gasteiger partial charge in [-0.25, -0.2) is 0 Å². The number of nitrogens with zero attached hydrogens (tertiary/aromatic N) is 1. The van der Waals surface area contributed by atoms with E-state index in [1.807, 2.05) is 19.2 Å². The largest absolute Gasteiger partial charge is 0.395 e. The summed E-state index contributed by atoms with van der Waals surface area (Å²) in [6, 6.07) is 3.73. The summed E-state index contributed by atoms with van der Waals surface area (Å²) >= 11 is 7.38. The molecule has 3 nitrogen and oxygen atoms in total. The van der Waals surface area contributed by atoms with Crippen molar-refractivity contribution in [1.29, 1.82) is 0 Å². The molecule has 0 aliphatic rings. The molecule has 0 aromatic carbocycles. The smallest absolute Gasteiger partial charge is 0.0931 e. The Morgan fingerprint density at radius 1 is 1.64 bits per heavy atom. The van der Waals surface area contributed by atoms with Gasteiger partial charge in [-0.15, -0.1) is 11.3 Å². The molecule has 0 bridgehead atoms. The molecule has 80 valence electrons. The van der Waals surface area contributed by atoms with Crippen molar-refractivity contribution in [3.05, 3.63) is 21.3 Å². The molecular weight excluding hydrogens is 220 g/mol. The Hall–Kier alpha value is -0.130. The maximum atomic E-state index is 8.78. The molecule has 0 aliphatic heterocycles. The van der Waals surface area contributed by atoms with Crippen LogP contribution in [-0.2, 0) is 6.54 Å². The average molecular weight is 235 g/mol. The van der Waals surface area contributed by atoms with Gasteiger partial charge in [0.05, 0.1) is 10.9 Å². The Bertz CT molecular complexity index is 280. The third kappa shape index (κ3) is 3.94. The Balaban J connectivity index is 2.37. The first kappa shape index (κ1) is 11.9. The predicted molar refractivity (Wildman–Crippen MR) is 60.7 cm³/mol. The van der Waals surface area contributed by atoms with E-state index in [-0.39, 0.29) is 12.6 Å². The topological polar surface area (TPSA) is 49.5 Å². The highest BCUT2D eigenvalue weighted by Crippen LogP contribution is 2.22. The van der Waals surface area contributed by atoms with Crippen molar-refractivity contribution in [2.24, 2.45) is 5.73 Å². The van der Waals surface area contributed by atoms with Crippen LogP contribution in [0.2, 0.25) is 4.34 Å². The minimum absolute atomic E-state index is 0.0233. The molecule has 14 heavy (non-hydrogen) atoms. The van der Waals surface area contributed by atoms with Gasteiger partial charge in [-0.05, 0) is 19.2 Å². The van der Waals surface area contributed by atoms with E-state index in [9.17, 15) is 0 Å². The fourth-order valence-electron chi connectivity index (χ4n) is 1.23. The number of thiophene rings is 1. The van der Waals surface area contributed by atoms with Gasteiger partial charge in [0.25, 0.3) is 0 Å². The molecule has 3 N–H and O–H groups in total. The van der Waals surface area contributed by atoms with Gasteiger partial charge in [0.15, 0.2) is 0 Å². The third-order valence-electron chi connectivity index (χ3n) is 1.84. The minimum Gasteiger partial charge on any atom is -0.395 e. The van der Waals surface area contributed by atoms with Crippen LogP contribution in [0.1, 0.15) is 4.88 Å². The van der Waals surface area contributed by atoms with Crippen molar-refractivity contribution in [3.63, 3.8) is 0 Å². The second kappa shape index (κ2) is 5.68. The molecule has 1 aromatic rings. The molecule has 1 rings (SSSR count).